The lowest BCUT2D eigenvalue weighted by molar-refractivity contribution is -0.385. The molecule has 2 aromatic carbocycles. The Kier molecular flexibility index (Phi) is 5.86. The number of nitrogens with zero attached hydrogens (tertiary/aromatic N) is 2. The van der Waals surface area contributed by atoms with E-state index in [2.05, 4.69) is 4.99 Å². The first kappa shape index (κ1) is 20.6. The van der Waals surface area contributed by atoms with Crippen LogP contribution in [0.1, 0.15) is 11.1 Å². The molecule has 3 rings (SSSR count). The van der Waals surface area contributed by atoms with Crippen LogP contribution in [0.5, 0.6) is 23.0 Å². The Hall–Kier alpha value is -4.08. The molecule has 0 bridgehead atoms. The van der Waals surface area contributed by atoms with E-state index >= 15 is 0 Å². The van der Waals surface area contributed by atoms with Crippen LogP contribution >= 0.6 is 0 Å². The Bertz CT molecular complexity index is 1070. The lowest BCUT2D eigenvalue weighted by Crippen LogP contribution is -2.06. The number of carbonyl (C=O) groups is 1. The van der Waals surface area contributed by atoms with Gasteiger partial charge in [-0.05, 0) is 24.3 Å². The van der Waals surface area contributed by atoms with Crippen LogP contribution in [0.2, 0.25) is 0 Å². The Balaban J connectivity index is 2.03. The van der Waals surface area contributed by atoms with Crippen molar-refractivity contribution in [1.29, 1.82) is 0 Å². The Morgan fingerprint density at radius 3 is 2.17 bits per heavy atom. The maximum Gasteiger partial charge on any atom is 0.363 e. The SMILES string of the molecule is COc1cc(OC)c(OC)cc1/C=C1/N=C(c2ccc(OC)c([N+](=O)[O-])c2)OC1=O. The highest BCUT2D eigenvalue weighted by molar-refractivity contribution is 6.13. The van der Waals surface area contributed by atoms with Crippen molar-refractivity contribution in [1.82, 2.24) is 0 Å². The van der Waals surface area contributed by atoms with Crippen molar-refractivity contribution in [3.8, 4) is 23.0 Å². The molecule has 0 radical (unpaired) electrons. The summed E-state index contributed by atoms with van der Waals surface area (Å²) in [6, 6.07) is 7.39. The summed E-state index contributed by atoms with van der Waals surface area (Å²) in [6.45, 7) is 0. The number of esters is 1. The fourth-order valence-corrected chi connectivity index (χ4v) is 2.81. The molecule has 0 spiro atoms. The minimum Gasteiger partial charge on any atom is -0.496 e. The first-order valence-electron chi connectivity index (χ1n) is 8.57. The number of nitro groups is 1. The summed E-state index contributed by atoms with van der Waals surface area (Å²) in [5, 5.41) is 11.2. The standard InChI is InChI=1S/C20H18N2O8/c1-26-15-6-5-11(8-14(15)22(24)25)19-21-13(20(23)30-19)7-12-9-17(28-3)18(29-4)10-16(12)27-2/h5-10H,1-4H3/b13-7+. The molecule has 156 valence electrons. The normalized spacial score (nSPS) is 14.2. The van der Waals surface area contributed by atoms with E-state index in [1.165, 1.54) is 52.7 Å². The highest BCUT2D eigenvalue weighted by atomic mass is 16.6. The summed E-state index contributed by atoms with van der Waals surface area (Å²) in [5.74, 6) is 0.639. The molecule has 0 saturated heterocycles. The first-order chi connectivity index (χ1) is 14.4. The predicted molar refractivity (Wildman–Crippen MR) is 106 cm³/mol. The van der Waals surface area contributed by atoms with Gasteiger partial charge in [0.1, 0.15) is 5.75 Å². The summed E-state index contributed by atoms with van der Waals surface area (Å²) in [4.78, 5) is 27.1. The van der Waals surface area contributed by atoms with Crippen molar-refractivity contribution < 1.29 is 33.4 Å². The molecule has 0 aliphatic carbocycles. The van der Waals surface area contributed by atoms with Gasteiger partial charge in [-0.1, -0.05) is 0 Å². The molecule has 10 nitrogen and oxygen atoms in total. The van der Waals surface area contributed by atoms with Gasteiger partial charge in [-0.2, -0.15) is 0 Å². The van der Waals surface area contributed by atoms with Crippen molar-refractivity contribution in [3.63, 3.8) is 0 Å². The van der Waals surface area contributed by atoms with Gasteiger partial charge in [-0.15, -0.1) is 0 Å². The highest BCUT2D eigenvalue weighted by Gasteiger charge is 2.27. The van der Waals surface area contributed by atoms with Crippen LogP contribution in [0, 0.1) is 10.1 Å². The molecular formula is C20H18N2O8. The average Bonchev–Trinajstić information content (AvgIpc) is 3.12. The monoisotopic (exact) mass is 414 g/mol. The summed E-state index contributed by atoms with van der Waals surface area (Å²) < 4.78 is 26.0. The van der Waals surface area contributed by atoms with E-state index in [1.807, 2.05) is 0 Å². The molecular weight excluding hydrogens is 396 g/mol. The minimum atomic E-state index is -0.708. The first-order valence-corrected chi connectivity index (χ1v) is 8.57. The van der Waals surface area contributed by atoms with Crippen LogP contribution < -0.4 is 18.9 Å². The average molecular weight is 414 g/mol. The second kappa shape index (κ2) is 8.52. The van der Waals surface area contributed by atoms with E-state index in [-0.39, 0.29) is 28.6 Å². The van der Waals surface area contributed by atoms with E-state index in [0.717, 1.165) is 0 Å². The Labute approximate surface area is 171 Å². The number of benzene rings is 2. The maximum absolute atomic E-state index is 12.3. The van der Waals surface area contributed by atoms with Crippen LogP contribution in [0.15, 0.2) is 41.0 Å². The van der Waals surface area contributed by atoms with Crippen LogP contribution in [0.3, 0.4) is 0 Å². The van der Waals surface area contributed by atoms with Gasteiger partial charge in [0.2, 0.25) is 5.90 Å². The highest BCUT2D eigenvalue weighted by Crippen LogP contribution is 2.36. The van der Waals surface area contributed by atoms with Crippen molar-refractivity contribution in [2.24, 2.45) is 4.99 Å². The van der Waals surface area contributed by atoms with E-state index in [9.17, 15) is 14.9 Å². The maximum atomic E-state index is 12.3. The topological polar surface area (TPSA) is 119 Å². The number of hydrogen-bond acceptors (Lipinski definition) is 9. The molecule has 1 aliphatic rings. The van der Waals surface area contributed by atoms with Gasteiger partial charge in [-0.3, -0.25) is 10.1 Å². The zero-order valence-electron chi connectivity index (χ0n) is 16.6. The summed E-state index contributed by atoms with van der Waals surface area (Å²) >= 11 is 0. The second-order valence-electron chi connectivity index (χ2n) is 5.93. The summed E-state index contributed by atoms with van der Waals surface area (Å²) in [6.07, 6.45) is 1.47. The smallest absolute Gasteiger partial charge is 0.363 e. The van der Waals surface area contributed by atoms with Crippen molar-refractivity contribution in [2.45, 2.75) is 0 Å². The summed E-state index contributed by atoms with van der Waals surface area (Å²) in [7, 11) is 5.78. The van der Waals surface area contributed by atoms with Crippen LogP contribution in [-0.2, 0) is 9.53 Å². The van der Waals surface area contributed by atoms with Gasteiger partial charge in [0, 0.05) is 23.3 Å². The lowest BCUT2D eigenvalue weighted by Gasteiger charge is -2.12. The third-order valence-corrected chi connectivity index (χ3v) is 4.27. The molecule has 0 fully saturated rings. The molecule has 10 heteroatoms. The number of nitro benzene ring substituents is 1. The minimum absolute atomic E-state index is 0.00556. The molecule has 0 aromatic heterocycles. The number of carbonyl (C=O) groups excluding carboxylic acids is 1. The third-order valence-electron chi connectivity index (χ3n) is 4.27. The molecule has 0 atom stereocenters. The van der Waals surface area contributed by atoms with Gasteiger partial charge in [-0.25, -0.2) is 9.79 Å². The van der Waals surface area contributed by atoms with Crippen molar-refractivity contribution >= 4 is 23.6 Å². The van der Waals surface area contributed by atoms with Gasteiger partial charge in [0.25, 0.3) is 0 Å². The van der Waals surface area contributed by atoms with Gasteiger partial charge >= 0.3 is 11.7 Å². The molecule has 2 aromatic rings. The fraction of sp³-hybridized carbons (Fsp3) is 0.200. The zero-order chi connectivity index (χ0) is 21.8. The molecule has 1 aliphatic heterocycles. The summed E-state index contributed by atoms with van der Waals surface area (Å²) in [5.41, 5.74) is 0.494. The van der Waals surface area contributed by atoms with Crippen molar-refractivity contribution in [2.75, 3.05) is 28.4 Å². The largest absolute Gasteiger partial charge is 0.496 e. The molecule has 0 N–H and O–H groups in total. The molecule has 0 unspecified atom stereocenters. The molecule has 1 heterocycles. The van der Waals surface area contributed by atoms with Crippen LogP contribution in [-0.4, -0.2) is 45.2 Å². The van der Waals surface area contributed by atoms with Crippen LogP contribution in [0.4, 0.5) is 5.69 Å². The van der Waals surface area contributed by atoms with E-state index < -0.39 is 10.9 Å². The number of cyclic esters (lactones) is 1. The van der Waals surface area contributed by atoms with Gasteiger partial charge in [0.15, 0.2) is 22.9 Å². The molecule has 0 saturated carbocycles. The van der Waals surface area contributed by atoms with E-state index in [1.54, 1.807) is 12.1 Å². The second-order valence-corrected chi connectivity index (χ2v) is 5.93. The number of rotatable bonds is 7. The number of methoxy groups -OCH3 is 4. The van der Waals surface area contributed by atoms with E-state index in [0.29, 0.717) is 22.8 Å². The quantitative estimate of drug-likeness (QED) is 0.294. The van der Waals surface area contributed by atoms with Gasteiger partial charge < -0.3 is 23.7 Å². The third kappa shape index (κ3) is 3.88. The number of aliphatic imine (C=N–C) groups is 1. The molecule has 30 heavy (non-hydrogen) atoms. The van der Waals surface area contributed by atoms with E-state index in [4.69, 9.17) is 23.7 Å². The fourth-order valence-electron chi connectivity index (χ4n) is 2.81. The Morgan fingerprint density at radius 1 is 0.933 bits per heavy atom. The van der Waals surface area contributed by atoms with Crippen molar-refractivity contribution in [3.05, 3.63) is 57.3 Å². The lowest BCUT2D eigenvalue weighted by atomic mass is 10.1. The Morgan fingerprint density at radius 2 is 1.57 bits per heavy atom. The predicted octanol–water partition coefficient (Wildman–Crippen LogP) is 2.97. The number of ether oxygens (including phenoxy) is 5. The number of hydrogen-bond donors (Lipinski definition) is 0. The van der Waals surface area contributed by atoms with Gasteiger partial charge in [0.05, 0.1) is 33.4 Å². The molecule has 0 amide bonds. The van der Waals surface area contributed by atoms with Crippen LogP contribution in [0.25, 0.3) is 6.08 Å². The zero-order valence-corrected chi connectivity index (χ0v) is 16.6.